The number of ether oxygens (including phenoxy) is 1. The van der Waals surface area contributed by atoms with Crippen molar-refractivity contribution < 1.29 is 18.7 Å². The Morgan fingerprint density at radius 1 is 1.11 bits per heavy atom. The van der Waals surface area contributed by atoms with Gasteiger partial charge in [-0.05, 0) is 49.8 Å². The van der Waals surface area contributed by atoms with Gasteiger partial charge >= 0.3 is 0 Å². The van der Waals surface area contributed by atoms with Crippen LogP contribution in [0.25, 0.3) is 0 Å². The molecule has 1 aromatic rings. The topological polar surface area (TPSA) is 46.6 Å². The van der Waals surface area contributed by atoms with Crippen LogP contribution in [0, 0.1) is 12.7 Å². The van der Waals surface area contributed by atoms with Gasteiger partial charge in [0.15, 0.2) is 0 Å². The average molecular weight is 367 g/mol. The first-order chi connectivity index (χ1) is 13.0. The van der Waals surface area contributed by atoms with E-state index in [2.05, 4.69) is 0 Å². The van der Waals surface area contributed by atoms with Gasteiger partial charge in [0.25, 0.3) is 11.8 Å². The molecule has 2 unspecified atom stereocenters. The molecule has 0 bridgehead atoms. The molecule has 0 saturated carbocycles. The molecule has 3 aliphatic rings. The predicted molar refractivity (Wildman–Crippen MR) is 99.2 cm³/mol. The van der Waals surface area contributed by atoms with E-state index in [-0.39, 0.29) is 36.4 Å². The minimum absolute atomic E-state index is 0.211. The first-order valence-corrected chi connectivity index (χ1v) is 9.39. The number of carbonyl (C=O) groups excluding carboxylic acids is 2. The molecule has 5 heteroatoms. The minimum Gasteiger partial charge on any atom is -0.368 e. The number of allylic oxidation sites excluding steroid dienone is 2. The lowest BCUT2D eigenvalue weighted by Gasteiger charge is -2.32. The summed E-state index contributed by atoms with van der Waals surface area (Å²) in [6.07, 6.45) is 9.99. The normalized spacial score (nSPS) is 25.2. The fraction of sp³-hybridized carbons (Fsp3) is 0.364. The van der Waals surface area contributed by atoms with E-state index in [1.54, 1.807) is 25.1 Å². The fourth-order valence-electron chi connectivity index (χ4n) is 3.84. The molecule has 2 aliphatic heterocycles. The largest absolute Gasteiger partial charge is 0.368 e. The van der Waals surface area contributed by atoms with Gasteiger partial charge in [-0.25, -0.2) is 4.39 Å². The molecule has 27 heavy (non-hydrogen) atoms. The monoisotopic (exact) mass is 367 g/mol. The number of imide groups is 1. The Morgan fingerprint density at radius 2 is 1.81 bits per heavy atom. The maximum atomic E-state index is 13.9. The standard InChI is InChI=1S/C22H22FNO3/c1-14-10-11-15(12-19(14)23)20-9-5-6-16(27-20)13-24-21(25)17-7-3-2-4-8-18(17)22(24)26/h3-4,7-8,10-12,16,20H,2,5-6,9,13H2,1H3. The Bertz CT molecular complexity index is 850. The number of aryl methyl sites for hydroxylation is 1. The molecule has 2 amide bonds. The molecule has 0 radical (unpaired) electrons. The molecule has 0 N–H and O–H groups in total. The highest BCUT2D eigenvalue weighted by atomic mass is 19.1. The van der Waals surface area contributed by atoms with E-state index in [4.69, 9.17) is 4.74 Å². The highest BCUT2D eigenvalue weighted by molar-refractivity contribution is 6.22. The molecule has 0 aromatic heterocycles. The molecule has 2 atom stereocenters. The molecule has 2 heterocycles. The summed E-state index contributed by atoms with van der Waals surface area (Å²) < 4.78 is 20.0. The molecule has 4 rings (SSSR count). The van der Waals surface area contributed by atoms with Crippen molar-refractivity contribution in [2.24, 2.45) is 0 Å². The van der Waals surface area contributed by atoms with E-state index in [0.29, 0.717) is 23.1 Å². The average Bonchev–Trinajstić information content (AvgIpc) is 2.86. The first-order valence-electron chi connectivity index (χ1n) is 9.39. The maximum Gasteiger partial charge on any atom is 0.261 e. The Balaban J connectivity index is 1.47. The van der Waals surface area contributed by atoms with Crippen LogP contribution in [0.15, 0.2) is 53.6 Å². The quantitative estimate of drug-likeness (QED) is 0.761. The molecule has 1 aliphatic carbocycles. The molecule has 1 saturated heterocycles. The second kappa shape index (κ2) is 7.24. The lowest BCUT2D eigenvalue weighted by Crippen LogP contribution is -2.40. The highest BCUT2D eigenvalue weighted by Crippen LogP contribution is 2.33. The number of amides is 2. The van der Waals surface area contributed by atoms with Crippen LogP contribution >= 0.6 is 0 Å². The summed E-state index contributed by atoms with van der Waals surface area (Å²) in [5.41, 5.74) is 2.33. The van der Waals surface area contributed by atoms with Crippen molar-refractivity contribution in [1.82, 2.24) is 4.90 Å². The van der Waals surface area contributed by atoms with E-state index >= 15 is 0 Å². The van der Waals surface area contributed by atoms with Gasteiger partial charge in [-0.15, -0.1) is 0 Å². The van der Waals surface area contributed by atoms with E-state index < -0.39 is 0 Å². The van der Waals surface area contributed by atoms with Gasteiger partial charge in [-0.2, -0.15) is 0 Å². The molecule has 1 aromatic carbocycles. The van der Waals surface area contributed by atoms with Crippen LogP contribution < -0.4 is 0 Å². The Morgan fingerprint density at radius 3 is 2.48 bits per heavy atom. The lowest BCUT2D eigenvalue weighted by atomic mass is 9.97. The molecular formula is C22H22FNO3. The van der Waals surface area contributed by atoms with Crippen molar-refractivity contribution in [3.8, 4) is 0 Å². The number of hydrogen-bond donors (Lipinski definition) is 0. The molecule has 140 valence electrons. The summed E-state index contributed by atoms with van der Waals surface area (Å²) >= 11 is 0. The summed E-state index contributed by atoms with van der Waals surface area (Å²) in [5, 5.41) is 0. The van der Waals surface area contributed by atoms with Crippen molar-refractivity contribution in [2.75, 3.05) is 6.54 Å². The van der Waals surface area contributed by atoms with Crippen molar-refractivity contribution in [1.29, 1.82) is 0 Å². The number of nitrogens with zero attached hydrogens (tertiary/aromatic N) is 1. The van der Waals surface area contributed by atoms with Crippen molar-refractivity contribution in [2.45, 2.75) is 44.8 Å². The Labute approximate surface area is 158 Å². The van der Waals surface area contributed by atoms with Crippen molar-refractivity contribution >= 4 is 11.8 Å². The summed E-state index contributed by atoms with van der Waals surface area (Å²) in [5.74, 6) is -0.760. The summed E-state index contributed by atoms with van der Waals surface area (Å²) in [4.78, 5) is 26.6. The Kier molecular flexibility index (Phi) is 4.79. The summed E-state index contributed by atoms with van der Waals surface area (Å²) in [7, 11) is 0. The second-order valence-corrected chi connectivity index (χ2v) is 7.27. The number of rotatable bonds is 3. The summed E-state index contributed by atoms with van der Waals surface area (Å²) in [6, 6.07) is 5.16. The van der Waals surface area contributed by atoms with E-state index in [1.807, 2.05) is 18.2 Å². The predicted octanol–water partition coefficient (Wildman–Crippen LogP) is 3.93. The zero-order chi connectivity index (χ0) is 19.0. The fourth-order valence-corrected chi connectivity index (χ4v) is 3.84. The number of halogens is 1. The van der Waals surface area contributed by atoms with Crippen LogP contribution in [0.2, 0.25) is 0 Å². The van der Waals surface area contributed by atoms with Gasteiger partial charge in [0.2, 0.25) is 0 Å². The molecular weight excluding hydrogens is 345 g/mol. The number of carbonyl (C=O) groups is 2. The van der Waals surface area contributed by atoms with Gasteiger partial charge < -0.3 is 4.74 Å². The SMILES string of the molecule is Cc1ccc(C2CCCC(CN3C(=O)C4=C(C=CCC=C4)C3=O)O2)cc1F. The van der Waals surface area contributed by atoms with Crippen molar-refractivity contribution in [3.05, 3.63) is 70.6 Å². The lowest BCUT2D eigenvalue weighted by molar-refractivity contribution is -0.142. The molecule has 0 spiro atoms. The maximum absolute atomic E-state index is 13.9. The smallest absolute Gasteiger partial charge is 0.261 e. The van der Waals surface area contributed by atoms with Crippen LogP contribution in [0.1, 0.15) is 42.9 Å². The first kappa shape index (κ1) is 17.9. The highest BCUT2D eigenvalue weighted by Gasteiger charge is 2.38. The third kappa shape index (κ3) is 3.39. The van der Waals surface area contributed by atoms with E-state index in [1.165, 1.54) is 11.0 Å². The zero-order valence-corrected chi connectivity index (χ0v) is 15.3. The number of hydrogen-bond acceptors (Lipinski definition) is 3. The van der Waals surface area contributed by atoms with Crippen LogP contribution in [0.5, 0.6) is 0 Å². The van der Waals surface area contributed by atoms with Crippen LogP contribution in [0.3, 0.4) is 0 Å². The van der Waals surface area contributed by atoms with Gasteiger partial charge in [0.1, 0.15) is 5.82 Å². The Hall–Kier alpha value is -2.53. The van der Waals surface area contributed by atoms with Gasteiger partial charge in [0.05, 0.1) is 29.9 Å². The molecule has 4 nitrogen and oxygen atoms in total. The van der Waals surface area contributed by atoms with Crippen LogP contribution in [-0.2, 0) is 14.3 Å². The van der Waals surface area contributed by atoms with Gasteiger partial charge in [0, 0.05) is 0 Å². The third-order valence-corrected chi connectivity index (χ3v) is 5.39. The zero-order valence-electron chi connectivity index (χ0n) is 15.3. The van der Waals surface area contributed by atoms with E-state index in [0.717, 1.165) is 24.8 Å². The third-order valence-electron chi connectivity index (χ3n) is 5.39. The van der Waals surface area contributed by atoms with Crippen molar-refractivity contribution in [3.63, 3.8) is 0 Å². The van der Waals surface area contributed by atoms with Gasteiger partial charge in [-0.3, -0.25) is 14.5 Å². The van der Waals surface area contributed by atoms with Crippen LogP contribution in [0.4, 0.5) is 4.39 Å². The van der Waals surface area contributed by atoms with Crippen LogP contribution in [-0.4, -0.2) is 29.4 Å². The minimum atomic E-state index is -0.259. The second-order valence-electron chi connectivity index (χ2n) is 7.27. The van der Waals surface area contributed by atoms with Gasteiger partial charge in [-0.1, -0.05) is 36.4 Å². The summed E-state index contributed by atoms with van der Waals surface area (Å²) in [6.45, 7) is 1.96. The number of benzene rings is 1. The van der Waals surface area contributed by atoms with E-state index in [9.17, 15) is 14.0 Å². The molecule has 1 fully saturated rings.